The van der Waals surface area contributed by atoms with Crippen LogP contribution in [0.4, 0.5) is 0 Å². The van der Waals surface area contributed by atoms with E-state index >= 15 is 0 Å². The first kappa shape index (κ1) is 17.0. The highest BCUT2D eigenvalue weighted by atomic mass is 16.6. The van der Waals surface area contributed by atoms with Crippen LogP contribution in [-0.4, -0.2) is 97.4 Å². The Labute approximate surface area is 121 Å². The van der Waals surface area contributed by atoms with Crippen LogP contribution >= 0.6 is 0 Å². The van der Waals surface area contributed by atoms with Gasteiger partial charge in [-0.1, -0.05) is 0 Å². The highest BCUT2D eigenvalue weighted by Gasteiger charge is 2.44. The summed E-state index contributed by atoms with van der Waals surface area (Å²) in [7, 11) is 0. The van der Waals surface area contributed by atoms with Crippen molar-refractivity contribution < 1.29 is 40.5 Å². The molecular formula is C12H23NO8. The minimum absolute atomic E-state index is 0.182. The van der Waals surface area contributed by atoms with Gasteiger partial charge in [-0.25, -0.2) is 0 Å². The molecule has 0 aromatic heterocycles. The molecule has 2 heterocycles. The molecule has 0 bridgehead atoms. The van der Waals surface area contributed by atoms with E-state index in [4.69, 9.17) is 9.84 Å². The van der Waals surface area contributed by atoms with Gasteiger partial charge in [0.05, 0.1) is 31.0 Å². The van der Waals surface area contributed by atoms with Crippen molar-refractivity contribution in [3.05, 3.63) is 0 Å². The standard InChI is InChI=1S/C12H23NO8/c14-3-5-8(16)7(15)4(13-5)1-2-6-9(17)10(18)11(19)12(20)21-6/h4-20H,1-3H2/t4-,5+,6?,7?,8?,9-,10?,11?,12+/m0/s1. The Bertz CT molecular complexity index is 345. The molecule has 2 rings (SSSR count). The van der Waals surface area contributed by atoms with Gasteiger partial charge in [0.25, 0.3) is 0 Å². The first-order chi connectivity index (χ1) is 9.86. The van der Waals surface area contributed by atoms with Gasteiger partial charge in [-0.15, -0.1) is 0 Å². The van der Waals surface area contributed by atoms with Crippen molar-refractivity contribution in [2.24, 2.45) is 0 Å². The maximum absolute atomic E-state index is 9.83. The highest BCUT2D eigenvalue weighted by Crippen LogP contribution is 2.25. The summed E-state index contributed by atoms with van der Waals surface area (Å²) < 4.78 is 5.03. The van der Waals surface area contributed by atoms with E-state index in [2.05, 4.69) is 5.32 Å². The summed E-state index contributed by atoms with van der Waals surface area (Å²) in [5.74, 6) is 0. The molecule has 2 fully saturated rings. The predicted octanol–water partition coefficient (Wildman–Crippen LogP) is -4.38. The van der Waals surface area contributed by atoms with E-state index in [0.717, 1.165) is 0 Å². The Kier molecular flexibility index (Phi) is 5.52. The molecule has 2 saturated heterocycles. The molecule has 0 radical (unpaired) electrons. The number of hydrogen-bond donors (Lipinski definition) is 8. The molecule has 0 aromatic carbocycles. The molecule has 2 aliphatic rings. The molecule has 8 N–H and O–H groups in total. The van der Waals surface area contributed by atoms with Crippen molar-refractivity contribution in [2.75, 3.05) is 6.61 Å². The second-order valence-electron chi connectivity index (χ2n) is 5.66. The molecule has 9 nitrogen and oxygen atoms in total. The average molecular weight is 309 g/mol. The number of nitrogens with one attached hydrogen (secondary N) is 1. The van der Waals surface area contributed by atoms with Crippen LogP contribution in [0, 0.1) is 0 Å². The van der Waals surface area contributed by atoms with Crippen molar-refractivity contribution in [2.45, 2.75) is 67.8 Å². The van der Waals surface area contributed by atoms with Gasteiger partial charge >= 0.3 is 0 Å². The van der Waals surface area contributed by atoms with Crippen LogP contribution in [-0.2, 0) is 4.74 Å². The Hall–Kier alpha value is -0.360. The lowest BCUT2D eigenvalue weighted by atomic mass is 9.93. The topological polar surface area (TPSA) is 163 Å². The zero-order chi connectivity index (χ0) is 15.7. The summed E-state index contributed by atoms with van der Waals surface area (Å²) in [5.41, 5.74) is 0. The summed E-state index contributed by atoms with van der Waals surface area (Å²) in [6.45, 7) is -0.319. The van der Waals surface area contributed by atoms with Crippen LogP contribution < -0.4 is 5.32 Å². The largest absolute Gasteiger partial charge is 0.395 e. The monoisotopic (exact) mass is 309 g/mol. The summed E-state index contributed by atoms with van der Waals surface area (Å²) >= 11 is 0. The fraction of sp³-hybridized carbons (Fsp3) is 1.00. The van der Waals surface area contributed by atoms with E-state index in [1.54, 1.807) is 0 Å². The normalized spacial score (nSPS) is 51.3. The average Bonchev–Trinajstić information content (AvgIpc) is 2.75. The number of aliphatic hydroxyl groups is 7. The molecule has 21 heavy (non-hydrogen) atoms. The Morgan fingerprint density at radius 3 is 1.90 bits per heavy atom. The van der Waals surface area contributed by atoms with E-state index in [-0.39, 0.29) is 19.4 Å². The van der Waals surface area contributed by atoms with E-state index in [1.807, 2.05) is 0 Å². The maximum Gasteiger partial charge on any atom is 0.183 e. The van der Waals surface area contributed by atoms with Crippen LogP contribution in [0.25, 0.3) is 0 Å². The fourth-order valence-corrected chi connectivity index (χ4v) is 2.88. The van der Waals surface area contributed by atoms with E-state index in [1.165, 1.54) is 0 Å². The first-order valence-electron chi connectivity index (χ1n) is 6.97. The third-order valence-corrected chi connectivity index (χ3v) is 4.25. The van der Waals surface area contributed by atoms with Crippen molar-refractivity contribution in [3.63, 3.8) is 0 Å². The molecule has 2 aliphatic heterocycles. The van der Waals surface area contributed by atoms with Gasteiger partial charge in [0.15, 0.2) is 6.29 Å². The zero-order valence-electron chi connectivity index (χ0n) is 11.4. The Balaban J connectivity index is 1.88. The molecule has 0 aromatic rings. The Morgan fingerprint density at radius 1 is 0.714 bits per heavy atom. The van der Waals surface area contributed by atoms with Gasteiger partial charge < -0.3 is 45.8 Å². The van der Waals surface area contributed by atoms with E-state index in [0.29, 0.717) is 0 Å². The minimum Gasteiger partial charge on any atom is -0.395 e. The van der Waals surface area contributed by atoms with Crippen LogP contribution in [0.3, 0.4) is 0 Å². The van der Waals surface area contributed by atoms with Crippen molar-refractivity contribution in [1.29, 1.82) is 0 Å². The molecule has 9 heteroatoms. The van der Waals surface area contributed by atoms with Gasteiger partial charge in [0.1, 0.15) is 18.3 Å². The quantitative estimate of drug-likeness (QED) is 0.256. The van der Waals surface area contributed by atoms with Crippen molar-refractivity contribution in [1.82, 2.24) is 5.32 Å². The van der Waals surface area contributed by atoms with Crippen molar-refractivity contribution in [3.8, 4) is 0 Å². The summed E-state index contributed by atoms with van der Waals surface area (Å²) in [6, 6.07) is -1.13. The Morgan fingerprint density at radius 2 is 1.33 bits per heavy atom. The third-order valence-electron chi connectivity index (χ3n) is 4.25. The number of aliphatic hydroxyl groups excluding tert-OH is 7. The second-order valence-corrected chi connectivity index (χ2v) is 5.66. The molecule has 0 spiro atoms. The van der Waals surface area contributed by atoms with Crippen LogP contribution in [0.1, 0.15) is 12.8 Å². The molecular weight excluding hydrogens is 286 g/mol. The predicted molar refractivity (Wildman–Crippen MR) is 67.9 cm³/mol. The number of hydrogen-bond acceptors (Lipinski definition) is 9. The van der Waals surface area contributed by atoms with Crippen LogP contribution in [0.15, 0.2) is 0 Å². The van der Waals surface area contributed by atoms with Gasteiger partial charge in [-0.3, -0.25) is 0 Å². The van der Waals surface area contributed by atoms with Gasteiger partial charge in [-0.2, -0.15) is 0 Å². The summed E-state index contributed by atoms with van der Waals surface area (Å²) in [4.78, 5) is 0. The molecule has 0 amide bonds. The molecule has 0 saturated carbocycles. The molecule has 9 atom stereocenters. The maximum atomic E-state index is 9.83. The van der Waals surface area contributed by atoms with E-state index in [9.17, 15) is 30.6 Å². The third kappa shape index (κ3) is 3.36. The summed E-state index contributed by atoms with van der Waals surface area (Å²) in [6.07, 6.45) is -8.64. The SMILES string of the molecule is OC[C@H]1N[C@@H](CCC2O[C@@H](O)C(O)C(O)[C@H]2O)C(O)C1O. The molecule has 124 valence electrons. The van der Waals surface area contributed by atoms with Crippen molar-refractivity contribution >= 4 is 0 Å². The highest BCUT2D eigenvalue weighted by molar-refractivity contribution is 4.98. The molecule has 5 unspecified atom stereocenters. The van der Waals surface area contributed by atoms with Gasteiger partial charge in [0.2, 0.25) is 0 Å². The molecule has 0 aliphatic carbocycles. The van der Waals surface area contributed by atoms with Gasteiger partial charge in [0, 0.05) is 6.04 Å². The lowest BCUT2D eigenvalue weighted by Gasteiger charge is -2.38. The van der Waals surface area contributed by atoms with Crippen LogP contribution in [0.2, 0.25) is 0 Å². The lowest BCUT2D eigenvalue weighted by Crippen LogP contribution is -2.57. The zero-order valence-corrected chi connectivity index (χ0v) is 11.4. The lowest BCUT2D eigenvalue weighted by molar-refractivity contribution is -0.283. The minimum atomic E-state index is -1.59. The van der Waals surface area contributed by atoms with E-state index < -0.39 is 55.0 Å². The smallest absolute Gasteiger partial charge is 0.183 e. The summed E-state index contributed by atoms with van der Waals surface area (Å²) in [5, 5.41) is 69.6. The first-order valence-corrected chi connectivity index (χ1v) is 6.97. The number of ether oxygens (including phenoxy) is 1. The number of rotatable bonds is 4. The fourth-order valence-electron chi connectivity index (χ4n) is 2.88. The second kappa shape index (κ2) is 6.82. The van der Waals surface area contributed by atoms with Crippen LogP contribution in [0.5, 0.6) is 0 Å². The van der Waals surface area contributed by atoms with Gasteiger partial charge in [-0.05, 0) is 12.8 Å².